The molecule has 2 saturated heterocycles. The van der Waals surface area contributed by atoms with Crippen LogP contribution in [0.4, 0.5) is 13.9 Å². The molecule has 2 aromatic carbocycles. The van der Waals surface area contributed by atoms with E-state index in [4.69, 9.17) is 4.74 Å². The van der Waals surface area contributed by atoms with E-state index in [0.717, 1.165) is 29.6 Å². The van der Waals surface area contributed by atoms with Gasteiger partial charge in [0.25, 0.3) is 0 Å². The van der Waals surface area contributed by atoms with Gasteiger partial charge in [0.2, 0.25) is 5.91 Å². The van der Waals surface area contributed by atoms with Crippen LogP contribution in [-0.4, -0.2) is 77.1 Å². The van der Waals surface area contributed by atoms with E-state index in [0.29, 0.717) is 44.7 Å². The number of hydrogen-bond donors (Lipinski definition) is 0. The number of benzene rings is 2. The standard InChI is InChI=1S/C35H42F2N4O3S/c1-22-19-39(31(33(43)44-35(2,3)4)17-23-8-9-24-6-5-7-25(24)16-23)13-14-41(22)32(42)29-21-40(34-38-12-15-45-34)20-28(29)27-11-10-26(36)18-30(27)37/h8-12,15-16,18,22,28-29,31H,5-7,13-14,17,19-21H2,1-4H3/t22-,28-,29+,31-/m0/s1. The molecule has 2 aliphatic heterocycles. The van der Waals surface area contributed by atoms with E-state index in [9.17, 15) is 14.0 Å². The summed E-state index contributed by atoms with van der Waals surface area (Å²) in [5.41, 5.74) is 3.62. The van der Waals surface area contributed by atoms with Crippen LogP contribution in [0, 0.1) is 17.6 Å². The Morgan fingerprint density at radius 2 is 1.84 bits per heavy atom. The van der Waals surface area contributed by atoms with Crippen LogP contribution < -0.4 is 4.90 Å². The van der Waals surface area contributed by atoms with Gasteiger partial charge in [0.15, 0.2) is 5.13 Å². The van der Waals surface area contributed by atoms with Gasteiger partial charge in [-0.3, -0.25) is 14.5 Å². The van der Waals surface area contributed by atoms with Gasteiger partial charge in [-0.05, 0) is 81.7 Å². The fourth-order valence-corrected chi connectivity index (χ4v) is 7.88. The highest BCUT2D eigenvalue weighted by atomic mass is 32.1. The third kappa shape index (κ3) is 6.92. The van der Waals surface area contributed by atoms with E-state index >= 15 is 4.39 Å². The van der Waals surface area contributed by atoms with Crippen LogP contribution in [-0.2, 0) is 33.6 Å². The molecular formula is C35H42F2N4O3S. The van der Waals surface area contributed by atoms with Gasteiger partial charge in [-0.1, -0.05) is 24.3 Å². The highest BCUT2D eigenvalue weighted by Gasteiger charge is 2.45. The van der Waals surface area contributed by atoms with Gasteiger partial charge in [-0.15, -0.1) is 11.3 Å². The molecule has 0 unspecified atom stereocenters. The minimum Gasteiger partial charge on any atom is -0.459 e. The summed E-state index contributed by atoms with van der Waals surface area (Å²) in [6.07, 6.45) is 5.60. The first-order chi connectivity index (χ1) is 21.5. The van der Waals surface area contributed by atoms with Crippen molar-refractivity contribution < 1.29 is 23.1 Å². The number of nitrogens with zero attached hydrogens (tertiary/aromatic N) is 4. The van der Waals surface area contributed by atoms with Crippen molar-refractivity contribution in [2.75, 3.05) is 37.6 Å². The van der Waals surface area contributed by atoms with Gasteiger partial charge < -0.3 is 14.5 Å². The molecule has 3 aromatic rings. The Kier molecular flexibility index (Phi) is 8.98. The molecule has 0 N–H and O–H groups in total. The van der Waals surface area contributed by atoms with Crippen LogP contribution in [0.3, 0.4) is 0 Å². The van der Waals surface area contributed by atoms with Crippen molar-refractivity contribution in [2.45, 2.75) is 77.0 Å². The van der Waals surface area contributed by atoms with Crippen LogP contribution in [0.15, 0.2) is 48.0 Å². The number of hydrogen-bond acceptors (Lipinski definition) is 7. The zero-order valence-corrected chi connectivity index (χ0v) is 27.3. The number of esters is 1. The zero-order chi connectivity index (χ0) is 31.9. The number of halogens is 2. The monoisotopic (exact) mass is 636 g/mol. The van der Waals surface area contributed by atoms with E-state index < -0.39 is 35.1 Å². The molecule has 6 rings (SSSR count). The van der Waals surface area contributed by atoms with Gasteiger partial charge >= 0.3 is 5.97 Å². The number of ether oxygens (including phenoxy) is 1. The molecule has 1 amide bonds. The quantitative estimate of drug-likeness (QED) is 0.314. The molecule has 0 saturated carbocycles. The molecule has 4 atom stereocenters. The second-order valence-corrected chi connectivity index (χ2v) is 14.6. The van der Waals surface area contributed by atoms with Gasteiger partial charge in [0.05, 0.1) is 5.92 Å². The second-order valence-electron chi connectivity index (χ2n) is 13.7. The summed E-state index contributed by atoms with van der Waals surface area (Å²) >= 11 is 1.48. The Bertz CT molecular complexity index is 1540. The number of aromatic nitrogens is 1. The summed E-state index contributed by atoms with van der Waals surface area (Å²) in [5, 5.41) is 2.66. The SMILES string of the molecule is C[C@H]1CN([C@@H](Cc2ccc3c(c2)CCC3)C(=O)OC(C)(C)C)CCN1C(=O)[C@@H]1CN(c2nccs2)C[C@H]1c1ccc(F)cc1F. The molecule has 240 valence electrons. The Morgan fingerprint density at radius 1 is 1.04 bits per heavy atom. The van der Waals surface area contributed by atoms with Gasteiger partial charge in [0, 0.05) is 62.3 Å². The lowest BCUT2D eigenvalue weighted by Crippen LogP contribution is -2.60. The first-order valence-electron chi connectivity index (χ1n) is 15.9. The van der Waals surface area contributed by atoms with Crippen molar-refractivity contribution in [2.24, 2.45) is 5.92 Å². The Balaban J connectivity index is 1.21. The van der Waals surface area contributed by atoms with E-state index in [-0.39, 0.29) is 17.9 Å². The molecule has 0 radical (unpaired) electrons. The van der Waals surface area contributed by atoms with E-state index in [1.165, 1.54) is 41.0 Å². The summed E-state index contributed by atoms with van der Waals surface area (Å²) in [7, 11) is 0. The lowest BCUT2D eigenvalue weighted by atomic mass is 9.87. The fraction of sp³-hybridized carbons (Fsp3) is 0.514. The lowest BCUT2D eigenvalue weighted by molar-refractivity contribution is -0.163. The van der Waals surface area contributed by atoms with Crippen LogP contribution >= 0.6 is 11.3 Å². The van der Waals surface area contributed by atoms with Gasteiger partial charge in [-0.25, -0.2) is 13.8 Å². The number of carbonyl (C=O) groups is 2. The van der Waals surface area contributed by atoms with Crippen molar-refractivity contribution >= 4 is 28.3 Å². The number of fused-ring (bicyclic) bond motifs is 1. The van der Waals surface area contributed by atoms with Crippen LogP contribution in [0.5, 0.6) is 0 Å². The number of thiazole rings is 1. The molecule has 2 fully saturated rings. The zero-order valence-electron chi connectivity index (χ0n) is 26.5. The van der Waals surface area contributed by atoms with Crippen molar-refractivity contribution in [1.29, 1.82) is 0 Å². The average molecular weight is 637 g/mol. The molecule has 1 aromatic heterocycles. The van der Waals surface area contributed by atoms with Gasteiger partial charge in [0.1, 0.15) is 23.3 Å². The maximum atomic E-state index is 15.1. The molecular weight excluding hydrogens is 594 g/mol. The fourth-order valence-electron chi connectivity index (χ4n) is 7.22. The maximum absolute atomic E-state index is 15.1. The van der Waals surface area contributed by atoms with Crippen LogP contribution in [0.25, 0.3) is 0 Å². The van der Waals surface area contributed by atoms with Crippen LogP contribution in [0.1, 0.15) is 62.3 Å². The molecule has 1 aliphatic carbocycles. The van der Waals surface area contributed by atoms with Crippen molar-refractivity contribution in [3.05, 3.63) is 81.9 Å². The normalized spacial score (nSPS) is 22.8. The van der Waals surface area contributed by atoms with E-state index in [2.05, 4.69) is 28.1 Å². The third-order valence-electron chi connectivity index (χ3n) is 9.34. The van der Waals surface area contributed by atoms with Crippen molar-refractivity contribution in [3.63, 3.8) is 0 Å². The van der Waals surface area contributed by atoms with Gasteiger partial charge in [-0.2, -0.15) is 0 Å². The van der Waals surface area contributed by atoms with Crippen LogP contribution in [0.2, 0.25) is 0 Å². The Hall–Kier alpha value is -3.37. The molecule has 0 spiro atoms. The molecule has 10 heteroatoms. The largest absolute Gasteiger partial charge is 0.459 e. The summed E-state index contributed by atoms with van der Waals surface area (Å²) in [6, 6.07) is 9.53. The minimum absolute atomic E-state index is 0.0534. The first kappa shape index (κ1) is 31.6. The summed E-state index contributed by atoms with van der Waals surface area (Å²) in [6.45, 7) is 9.95. The lowest BCUT2D eigenvalue weighted by Gasteiger charge is -2.44. The Morgan fingerprint density at radius 3 is 2.56 bits per heavy atom. The summed E-state index contributed by atoms with van der Waals surface area (Å²) in [4.78, 5) is 38.4. The number of amides is 1. The first-order valence-corrected chi connectivity index (χ1v) is 16.8. The predicted octanol–water partition coefficient (Wildman–Crippen LogP) is 5.62. The molecule has 3 heterocycles. The number of carbonyl (C=O) groups excluding carboxylic acids is 2. The maximum Gasteiger partial charge on any atom is 0.324 e. The topological polar surface area (TPSA) is 66.0 Å². The molecule has 3 aliphatic rings. The van der Waals surface area contributed by atoms with E-state index in [1.54, 1.807) is 6.20 Å². The smallest absolute Gasteiger partial charge is 0.324 e. The van der Waals surface area contributed by atoms with Crippen molar-refractivity contribution in [3.8, 4) is 0 Å². The summed E-state index contributed by atoms with van der Waals surface area (Å²) in [5.74, 6) is -2.54. The number of piperazine rings is 1. The molecule has 7 nitrogen and oxygen atoms in total. The van der Waals surface area contributed by atoms with E-state index in [1.807, 2.05) is 42.9 Å². The highest BCUT2D eigenvalue weighted by Crippen LogP contribution is 2.39. The summed E-state index contributed by atoms with van der Waals surface area (Å²) < 4.78 is 34.8. The number of anilines is 1. The van der Waals surface area contributed by atoms with Crippen molar-refractivity contribution in [1.82, 2.24) is 14.8 Å². The highest BCUT2D eigenvalue weighted by molar-refractivity contribution is 7.13. The third-order valence-corrected chi connectivity index (χ3v) is 10.2. The average Bonchev–Trinajstić information content (AvgIpc) is 3.75. The predicted molar refractivity (Wildman–Crippen MR) is 171 cm³/mol. The molecule has 0 bridgehead atoms. The number of aryl methyl sites for hydroxylation is 2. The number of rotatable bonds is 7. The molecule has 45 heavy (non-hydrogen) atoms. The second kappa shape index (κ2) is 12.8. The minimum atomic E-state index is -0.641. The Labute approximate surface area is 268 Å².